The van der Waals surface area contributed by atoms with Crippen molar-refractivity contribution >= 4 is 34.8 Å². The van der Waals surface area contributed by atoms with Crippen LogP contribution in [0, 0.1) is 18.2 Å². The molecule has 90 valence electrons. The van der Waals surface area contributed by atoms with Gasteiger partial charge < -0.3 is 11.1 Å². The van der Waals surface area contributed by atoms with E-state index in [1.165, 1.54) is 12.1 Å². The second-order valence-electron chi connectivity index (χ2n) is 3.26. The molecule has 17 heavy (non-hydrogen) atoms. The number of anilines is 1. The van der Waals surface area contributed by atoms with E-state index in [1.807, 2.05) is 0 Å². The highest BCUT2D eigenvalue weighted by Gasteiger charge is 2.14. The molecule has 0 aromatic heterocycles. The van der Waals surface area contributed by atoms with Crippen LogP contribution in [0.5, 0.6) is 0 Å². The molecular weight excluding hydrogens is 266 g/mol. The molecule has 3 N–H and O–H groups in total. The lowest BCUT2D eigenvalue weighted by Gasteiger charge is -2.10. The van der Waals surface area contributed by atoms with Gasteiger partial charge in [0.15, 0.2) is 5.82 Å². The summed E-state index contributed by atoms with van der Waals surface area (Å²) < 4.78 is 13.1. The number of carbonyl (C=O) groups excluding carboxylic acids is 1. The zero-order valence-electron chi connectivity index (χ0n) is 8.64. The van der Waals surface area contributed by atoms with Gasteiger partial charge in [-0.15, -0.1) is 12.3 Å². The van der Waals surface area contributed by atoms with Gasteiger partial charge in [-0.2, -0.15) is 0 Å². The first-order valence-electron chi connectivity index (χ1n) is 4.60. The van der Waals surface area contributed by atoms with Crippen molar-refractivity contribution in [3.05, 3.63) is 28.0 Å². The van der Waals surface area contributed by atoms with Crippen LogP contribution in [0.15, 0.2) is 12.1 Å². The predicted octanol–water partition coefficient (Wildman–Crippen LogP) is 2.42. The normalized spacial score (nSPS) is 11.7. The Balaban J connectivity index is 2.83. The minimum absolute atomic E-state index is 0.106. The summed E-state index contributed by atoms with van der Waals surface area (Å²) in [6, 6.07) is 1.65. The predicted molar refractivity (Wildman–Crippen MR) is 66.5 cm³/mol. The number of nitrogens with two attached hydrogens (primary N) is 1. The molecule has 1 amide bonds. The smallest absolute Gasteiger partial charge is 0.242 e. The molecule has 0 radical (unpaired) electrons. The molecule has 1 aromatic rings. The summed E-state index contributed by atoms with van der Waals surface area (Å²) >= 11 is 11.1. The van der Waals surface area contributed by atoms with Crippen molar-refractivity contribution in [1.82, 2.24) is 0 Å². The van der Waals surface area contributed by atoms with Crippen molar-refractivity contribution in [2.75, 3.05) is 5.32 Å². The Kier molecular flexibility index (Phi) is 4.76. The summed E-state index contributed by atoms with van der Waals surface area (Å²) in [6.07, 6.45) is 5.13. The maximum absolute atomic E-state index is 13.1. The summed E-state index contributed by atoms with van der Waals surface area (Å²) in [6.45, 7) is 0. The molecule has 1 atom stereocenters. The SMILES string of the molecule is C#CCC(N)C(=O)Nc1cc(Cl)c(F)c(Cl)c1. The van der Waals surface area contributed by atoms with E-state index in [2.05, 4.69) is 11.2 Å². The van der Waals surface area contributed by atoms with Gasteiger partial charge in [0.1, 0.15) is 0 Å². The molecule has 0 saturated heterocycles. The minimum Gasteiger partial charge on any atom is -0.325 e. The average Bonchev–Trinajstić information content (AvgIpc) is 2.26. The highest BCUT2D eigenvalue weighted by atomic mass is 35.5. The summed E-state index contributed by atoms with van der Waals surface area (Å²) in [4.78, 5) is 11.5. The van der Waals surface area contributed by atoms with Gasteiger partial charge in [-0.05, 0) is 12.1 Å². The number of benzene rings is 1. The van der Waals surface area contributed by atoms with Crippen molar-refractivity contribution in [1.29, 1.82) is 0 Å². The van der Waals surface area contributed by atoms with Crippen LogP contribution in [-0.2, 0) is 4.79 Å². The molecule has 0 aliphatic heterocycles. The van der Waals surface area contributed by atoms with E-state index >= 15 is 0 Å². The van der Waals surface area contributed by atoms with Gasteiger partial charge in [-0.25, -0.2) is 4.39 Å². The van der Waals surface area contributed by atoms with Gasteiger partial charge in [0.05, 0.1) is 16.1 Å². The highest BCUT2D eigenvalue weighted by molar-refractivity contribution is 6.35. The number of carbonyl (C=O) groups is 1. The van der Waals surface area contributed by atoms with Crippen molar-refractivity contribution in [2.24, 2.45) is 5.73 Å². The molecule has 1 rings (SSSR count). The molecule has 1 unspecified atom stereocenters. The van der Waals surface area contributed by atoms with E-state index in [4.69, 9.17) is 35.4 Å². The third-order valence-corrected chi connectivity index (χ3v) is 2.48. The molecule has 0 bridgehead atoms. The molecule has 0 saturated carbocycles. The quantitative estimate of drug-likeness (QED) is 0.657. The Labute approximate surface area is 108 Å². The maximum Gasteiger partial charge on any atom is 0.242 e. The number of nitrogens with one attached hydrogen (secondary N) is 1. The van der Waals surface area contributed by atoms with Crippen molar-refractivity contribution in [3.8, 4) is 12.3 Å². The Bertz CT molecular complexity index is 462. The first kappa shape index (κ1) is 13.8. The summed E-state index contributed by atoms with van der Waals surface area (Å²) in [5.74, 6) is 1.05. The monoisotopic (exact) mass is 274 g/mol. The van der Waals surface area contributed by atoms with Crippen LogP contribution in [0.1, 0.15) is 6.42 Å². The fraction of sp³-hybridized carbons (Fsp3) is 0.182. The number of hydrogen-bond acceptors (Lipinski definition) is 2. The van der Waals surface area contributed by atoms with Crippen molar-refractivity contribution in [3.63, 3.8) is 0 Å². The van der Waals surface area contributed by atoms with Gasteiger partial charge >= 0.3 is 0 Å². The standard InChI is InChI=1S/C11H9Cl2FN2O/c1-2-3-9(15)11(17)16-6-4-7(12)10(14)8(13)5-6/h1,4-5,9H,3,15H2,(H,16,17). The van der Waals surface area contributed by atoms with Gasteiger partial charge in [0, 0.05) is 12.1 Å². The summed E-state index contributed by atoms with van der Waals surface area (Å²) in [5, 5.41) is 2.08. The van der Waals surface area contributed by atoms with E-state index in [9.17, 15) is 9.18 Å². The zero-order chi connectivity index (χ0) is 13.0. The van der Waals surface area contributed by atoms with Gasteiger partial charge in [0.25, 0.3) is 0 Å². The number of rotatable bonds is 3. The molecule has 6 heteroatoms. The van der Waals surface area contributed by atoms with Crippen LogP contribution in [0.4, 0.5) is 10.1 Å². The van der Waals surface area contributed by atoms with Crippen LogP contribution in [0.25, 0.3) is 0 Å². The Hall–Kier alpha value is -1.28. The van der Waals surface area contributed by atoms with Gasteiger partial charge in [-0.1, -0.05) is 23.2 Å². The summed E-state index contributed by atoms with van der Waals surface area (Å²) in [7, 11) is 0. The minimum atomic E-state index is -0.831. The fourth-order valence-electron chi connectivity index (χ4n) is 1.08. The Morgan fingerprint density at radius 2 is 2.06 bits per heavy atom. The van der Waals surface area contributed by atoms with E-state index in [0.29, 0.717) is 0 Å². The molecule has 0 aliphatic carbocycles. The highest BCUT2D eigenvalue weighted by Crippen LogP contribution is 2.27. The lowest BCUT2D eigenvalue weighted by molar-refractivity contribution is -0.117. The van der Waals surface area contributed by atoms with Crippen LogP contribution >= 0.6 is 23.2 Å². The summed E-state index contributed by atoms with van der Waals surface area (Å²) in [5.41, 5.74) is 5.75. The lowest BCUT2D eigenvalue weighted by Crippen LogP contribution is -2.35. The molecule has 0 fully saturated rings. The lowest BCUT2D eigenvalue weighted by atomic mass is 10.2. The molecule has 0 spiro atoms. The topological polar surface area (TPSA) is 55.1 Å². The van der Waals surface area contributed by atoms with E-state index in [-0.39, 0.29) is 22.2 Å². The molecular formula is C11H9Cl2FN2O. The van der Waals surface area contributed by atoms with Crippen LogP contribution in [-0.4, -0.2) is 11.9 Å². The number of terminal acetylenes is 1. The van der Waals surface area contributed by atoms with E-state index in [1.54, 1.807) is 0 Å². The fourth-order valence-corrected chi connectivity index (χ4v) is 1.57. The van der Waals surface area contributed by atoms with Crippen molar-refractivity contribution in [2.45, 2.75) is 12.5 Å². The molecule has 3 nitrogen and oxygen atoms in total. The van der Waals surface area contributed by atoms with Gasteiger partial charge in [0.2, 0.25) is 5.91 Å². The Morgan fingerprint density at radius 1 is 1.53 bits per heavy atom. The number of amides is 1. The zero-order valence-corrected chi connectivity index (χ0v) is 10.1. The number of hydrogen-bond donors (Lipinski definition) is 2. The second-order valence-corrected chi connectivity index (χ2v) is 4.07. The molecule has 0 aliphatic rings. The first-order chi connectivity index (χ1) is 7.95. The van der Waals surface area contributed by atoms with E-state index < -0.39 is 17.8 Å². The van der Waals surface area contributed by atoms with E-state index in [0.717, 1.165) is 0 Å². The van der Waals surface area contributed by atoms with Crippen LogP contribution < -0.4 is 11.1 Å². The molecule has 0 heterocycles. The van der Waals surface area contributed by atoms with Crippen molar-refractivity contribution < 1.29 is 9.18 Å². The number of halogens is 3. The Morgan fingerprint density at radius 3 is 2.53 bits per heavy atom. The second kappa shape index (κ2) is 5.87. The van der Waals surface area contributed by atoms with Crippen LogP contribution in [0.2, 0.25) is 10.0 Å². The van der Waals surface area contributed by atoms with Gasteiger partial charge in [-0.3, -0.25) is 4.79 Å². The third-order valence-electron chi connectivity index (χ3n) is 1.93. The largest absolute Gasteiger partial charge is 0.325 e. The average molecular weight is 275 g/mol. The maximum atomic E-state index is 13.1. The van der Waals surface area contributed by atoms with Crippen LogP contribution in [0.3, 0.4) is 0 Å². The first-order valence-corrected chi connectivity index (χ1v) is 5.35. The molecule has 1 aromatic carbocycles. The third kappa shape index (κ3) is 3.60.